The molecule has 6 heteroatoms. The summed E-state index contributed by atoms with van der Waals surface area (Å²) < 4.78 is 10.7. The molecule has 3 aromatic rings. The first-order chi connectivity index (χ1) is 15.8. The van der Waals surface area contributed by atoms with E-state index in [2.05, 4.69) is 5.32 Å². The minimum atomic E-state index is -0.435. The molecule has 0 unspecified atom stereocenters. The Morgan fingerprint density at radius 2 is 1.42 bits per heavy atom. The summed E-state index contributed by atoms with van der Waals surface area (Å²) in [5.74, 6) is 0.318. The zero-order valence-corrected chi connectivity index (χ0v) is 19.4. The van der Waals surface area contributed by atoms with Crippen molar-refractivity contribution in [3.63, 3.8) is 0 Å². The summed E-state index contributed by atoms with van der Waals surface area (Å²) in [6.07, 6.45) is 0. The van der Waals surface area contributed by atoms with E-state index in [4.69, 9.17) is 9.47 Å². The van der Waals surface area contributed by atoms with Gasteiger partial charge < -0.3 is 14.8 Å². The van der Waals surface area contributed by atoms with Crippen LogP contribution in [0.5, 0.6) is 11.5 Å². The lowest BCUT2D eigenvalue weighted by Crippen LogP contribution is -2.32. The Balaban J connectivity index is 1.87. The molecule has 0 fully saturated rings. The molecule has 0 aliphatic carbocycles. The lowest BCUT2D eigenvalue weighted by Gasteiger charge is -2.19. The monoisotopic (exact) mass is 442 g/mol. The number of hydrogen-bond donors (Lipinski definition) is 1. The van der Waals surface area contributed by atoms with E-state index in [1.807, 2.05) is 45.0 Å². The third kappa shape index (κ3) is 4.07. The molecule has 1 aliphatic heterocycles. The third-order valence-electron chi connectivity index (χ3n) is 5.67. The summed E-state index contributed by atoms with van der Waals surface area (Å²) in [4.78, 5) is 28.6. The van der Waals surface area contributed by atoms with E-state index in [9.17, 15) is 9.59 Å². The molecule has 168 valence electrons. The molecule has 1 heterocycles. The molecule has 0 atom stereocenters. The van der Waals surface area contributed by atoms with Crippen molar-refractivity contribution in [3.05, 3.63) is 88.6 Å². The molecule has 0 aromatic heterocycles. The maximum absolute atomic E-state index is 13.8. The van der Waals surface area contributed by atoms with Gasteiger partial charge in [-0.1, -0.05) is 29.8 Å². The topological polar surface area (TPSA) is 67.9 Å². The SMILES string of the molecule is COc1ccc(NC2=C(c3ccc(C)cc3C)C(=O)N(c3cc(C)ccc3OC)C2=O)cc1. The van der Waals surface area contributed by atoms with Crippen LogP contribution >= 0.6 is 0 Å². The number of amides is 2. The molecule has 1 aliphatic rings. The van der Waals surface area contributed by atoms with Gasteiger partial charge >= 0.3 is 0 Å². The molecule has 6 nitrogen and oxygen atoms in total. The summed E-state index contributed by atoms with van der Waals surface area (Å²) in [7, 11) is 3.11. The number of aryl methyl sites for hydroxylation is 3. The molecular weight excluding hydrogens is 416 g/mol. The summed E-state index contributed by atoms with van der Waals surface area (Å²) in [5.41, 5.74) is 5.26. The van der Waals surface area contributed by atoms with Crippen LogP contribution in [-0.2, 0) is 9.59 Å². The van der Waals surface area contributed by atoms with Gasteiger partial charge in [0.15, 0.2) is 0 Å². The number of carbonyl (C=O) groups is 2. The number of methoxy groups -OCH3 is 2. The molecular formula is C27H26N2O4. The minimum absolute atomic E-state index is 0.223. The standard InChI is InChI=1S/C27H26N2O4/c1-16-6-12-21(18(3)14-16)24-25(28-19-8-10-20(32-4)11-9-19)27(31)29(26(24)30)22-15-17(2)7-13-23(22)33-5/h6-15,28H,1-5H3. The van der Waals surface area contributed by atoms with Gasteiger partial charge in [-0.3, -0.25) is 9.59 Å². The van der Waals surface area contributed by atoms with Gasteiger partial charge in [0, 0.05) is 5.69 Å². The van der Waals surface area contributed by atoms with Crippen molar-refractivity contribution in [2.75, 3.05) is 24.4 Å². The van der Waals surface area contributed by atoms with Crippen molar-refractivity contribution in [1.82, 2.24) is 0 Å². The highest BCUT2D eigenvalue weighted by Crippen LogP contribution is 2.39. The number of ether oxygens (including phenoxy) is 2. The Bertz CT molecular complexity index is 1280. The Morgan fingerprint density at radius 3 is 2.06 bits per heavy atom. The zero-order valence-electron chi connectivity index (χ0n) is 19.4. The Kier molecular flexibility index (Phi) is 5.92. The zero-order chi connectivity index (χ0) is 23.7. The second-order valence-electron chi connectivity index (χ2n) is 8.04. The number of anilines is 2. The van der Waals surface area contributed by atoms with E-state index < -0.39 is 11.8 Å². The van der Waals surface area contributed by atoms with Gasteiger partial charge in [-0.25, -0.2) is 4.90 Å². The molecule has 33 heavy (non-hydrogen) atoms. The summed E-state index contributed by atoms with van der Waals surface area (Å²) in [6.45, 7) is 5.84. The number of nitrogens with one attached hydrogen (secondary N) is 1. The normalized spacial score (nSPS) is 13.5. The van der Waals surface area contributed by atoms with E-state index in [1.54, 1.807) is 43.5 Å². The van der Waals surface area contributed by atoms with Crippen LogP contribution in [0.4, 0.5) is 11.4 Å². The van der Waals surface area contributed by atoms with Crippen molar-refractivity contribution in [2.45, 2.75) is 20.8 Å². The van der Waals surface area contributed by atoms with Crippen LogP contribution in [-0.4, -0.2) is 26.0 Å². The van der Waals surface area contributed by atoms with Gasteiger partial charge in [0.25, 0.3) is 11.8 Å². The van der Waals surface area contributed by atoms with E-state index >= 15 is 0 Å². The second kappa shape index (κ2) is 8.82. The second-order valence-corrected chi connectivity index (χ2v) is 8.04. The van der Waals surface area contributed by atoms with Crippen molar-refractivity contribution in [3.8, 4) is 11.5 Å². The first kappa shape index (κ1) is 22.1. The lowest BCUT2D eigenvalue weighted by molar-refractivity contribution is -0.120. The number of benzene rings is 3. The van der Waals surface area contributed by atoms with Crippen LogP contribution in [0.15, 0.2) is 66.4 Å². The average molecular weight is 443 g/mol. The van der Waals surface area contributed by atoms with Crippen molar-refractivity contribution in [2.24, 2.45) is 0 Å². The van der Waals surface area contributed by atoms with Crippen molar-refractivity contribution in [1.29, 1.82) is 0 Å². The predicted molar refractivity (Wildman–Crippen MR) is 130 cm³/mol. The fourth-order valence-corrected chi connectivity index (χ4v) is 4.00. The van der Waals surface area contributed by atoms with Gasteiger partial charge in [0.05, 0.1) is 25.5 Å². The molecule has 0 saturated carbocycles. The van der Waals surface area contributed by atoms with Crippen molar-refractivity contribution >= 4 is 28.8 Å². The number of imide groups is 1. The Labute approximate surface area is 193 Å². The Morgan fingerprint density at radius 1 is 0.758 bits per heavy atom. The molecule has 2 amide bonds. The first-order valence-corrected chi connectivity index (χ1v) is 10.6. The minimum Gasteiger partial charge on any atom is -0.497 e. The average Bonchev–Trinajstić information content (AvgIpc) is 3.03. The Hall–Kier alpha value is -4.06. The molecule has 1 N–H and O–H groups in total. The van der Waals surface area contributed by atoms with Crippen LogP contribution < -0.4 is 19.7 Å². The highest BCUT2D eigenvalue weighted by molar-refractivity contribution is 6.46. The third-order valence-corrected chi connectivity index (χ3v) is 5.67. The van der Waals surface area contributed by atoms with Crippen LogP contribution in [0.2, 0.25) is 0 Å². The quantitative estimate of drug-likeness (QED) is 0.543. The van der Waals surface area contributed by atoms with E-state index in [0.29, 0.717) is 34.0 Å². The molecule has 0 spiro atoms. The molecule has 0 saturated heterocycles. The maximum atomic E-state index is 13.8. The molecule has 4 rings (SSSR count). The smallest absolute Gasteiger partial charge is 0.282 e. The number of nitrogens with zero attached hydrogens (tertiary/aromatic N) is 1. The fourth-order valence-electron chi connectivity index (χ4n) is 4.00. The van der Waals surface area contributed by atoms with Gasteiger partial charge in [-0.15, -0.1) is 0 Å². The van der Waals surface area contributed by atoms with Gasteiger partial charge in [-0.05, 0) is 73.9 Å². The number of hydrogen-bond acceptors (Lipinski definition) is 5. The van der Waals surface area contributed by atoms with Crippen LogP contribution in [0.25, 0.3) is 5.57 Å². The summed E-state index contributed by atoms with van der Waals surface area (Å²) in [6, 6.07) is 18.4. The highest BCUT2D eigenvalue weighted by atomic mass is 16.5. The number of rotatable bonds is 6. The summed E-state index contributed by atoms with van der Waals surface area (Å²) in [5, 5.41) is 3.19. The predicted octanol–water partition coefficient (Wildman–Crippen LogP) is 5.03. The van der Waals surface area contributed by atoms with Gasteiger partial charge in [0.2, 0.25) is 0 Å². The number of carbonyl (C=O) groups excluding carboxylic acids is 2. The van der Waals surface area contributed by atoms with Crippen molar-refractivity contribution < 1.29 is 19.1 Å². The first-order valence-electron chi connectivity index (χ1n) is 10.6. The van der Waals surface area contributed by atoms with E-state index in [0.717, 1.165) is 16.7 Å². The van der Waals surface area contributed by atoms with Crippen LogP contribution in [0.3, 0.4) is 0 Å². The summed E-state index contributed by atoms with van der Waals surface area (Å²) >= 11 is 0. The van der Waals surface area contributed by atoms with E-state index in [-0.39, 0.29) is 5.70 Å². The molecule has 3 aromatic carbocycles. The molecule has 0 bridgehead atoms. The lowest BCUT2D eigenvalue weighted by atomic mass is 9.97. The molecule has 0 radical (unpaired) electrons. The highest BCUT2D eigenvalue weighted by Gasteiger charge is 2.42. The van der Waals surface area contributed by atoms with Crippen LogP contribution in [0, 0.1) is 20.8 Å². The van der Waals surface area contributed by atoms with Crippen LogP contribution in [0.1, 0.15) is 22.3 Å². The van der Waals surface area contributed by atoms with Gasteiger partial charge in [0.1, 0.15) is 17.2 Å². The van der Waals surface area contributed by atoms with E-state index in [1.165, 1.54) is 12.0 Å². The largest absolute Gasteiger partial charge is 0.497 e. The fraction of sp³-hybridized carbons (Fsp3) is 0.185. The maximum Gasteiger partial charge on any atom is 0.282 e. The van der Waals surface area contributed by atoms with Gasteiger partial charge in [-0.2, -0.15) is 0 Å².